The molecule has 0 fully saturated rings. The van der Waals surface area contributed by atoms with E-state index in [1.807, 2.05) is 29.1 Å². The van der Waals surface area contributed by atoms with Crippen molar-refractivity contribution >= 4 is 44.9 Å². The third kappa shape index (κ3) is 17.9. The van der Waals surface area contributed by atoms with Gasteiger partial charge in [-0.2, -0.15) is 0 Å². The van der Waals surface area contributed by atoms with Crippen molar-refractivity contribution in [3.05, 3.63) is 59.9 Å². The second-order valence-corrected chi connectivity index (χ2v) is 14.5. The van der Waals surface area contributed by atoms with Gasteiger partial charge in [-0.25, -0.2) is 17.2 Å². The van der Waals surface area contributed by atoms with Crippen LogP contribution in [0, 0.1) is 0 Å². The predicted molar refractivity (Wildman–Crippen MR) is 188 cm³/mol. The summed E-state index contributed by atoms with van der Waals surface area (Å²) >= 11 is -1.96. The molecule has 1 N–H and O–H groups in total. The summed E-state index contributed by atoms with van der Waals surface area (Å²) in [4.78, 5) is 16.8. The summed E-state index contributed by atoms with van der Waals surface area (Å²) in [6.45, 7) is 7.74. The number of nitrogens with zero attached hydrogens (tertiary/aromatic N) is 3. The number of aryl methyl sites for hydroxylation is 1. The standard InChI is InChI=1S/C35H55N3O6S2/c1-3-5-7-9-24-37(25-10-8-6-4-2)34-19-17-32(18-20-34)15-16-33-21-28-36(29-22-33)23-11-14-35(39)38(26-12-30-45(40)41)27-13-31-46(42,43)44/h15-22,28-29H,3-14,23-27,30-31H2,1-2H3,(H-,40,41,42,43,44). The maximum Gasteiger partial charge on any atom is 0.222 e. The van der Waals surface area contributed by atoms with Gasteiger partial charge in [-0.05, 0) is 48.9 Å². The van der Waals surface area contributed by atoms with Crippen molar-refractivity contribution in [1.29, 1.82) is 0 Å². The van der Waals surface area contributed by atoms with Gasteiger partial charge in [0.2, 0.25) is 5.91 Å². The lowest BCUT2D eigenvalue weighted by molar-refractivity contribution is -0.697. The summed E-state index contributed by atoms with van der Waals surface area (Å²) in [5, 5.41) is 0. The van der Waals surface area contributed by atoms with E-state index in [2.05, 4.69) is 55.2 Å². The number of amides is 1. The van der Waals surface area contributed by atoms with E-state index in [9.17, 15) is 22.0 Å². The molecular weight excluding hydrogens is 623 g/mol. The first-order valence-corrected chi connectivity index (χ1v) is 19.8. The summed E-state index contributed by atoms with van der Waals surface area (Å²) < 4.78 is 54.8. The van der Waals surface area contributed by atoms with E-state index in [1.54, 1.807) is 0 Å². The van der Waals surface area contributed by atoms with E-state index in [0.29, 0.717) is 19.4 Å². The number of anilines is 1. The fourth-order valence-electron chi connectivity index (χ4n) is 5.29. The Labute approximate surface area is 280 Å². The fourth-order valence-corrected chi connectivity index (χ4v) is 6.15. The largest absolute Gasteiger partial charge is 0.748 e. The first-order chi connectivity index (χ1) is 22.1. The van der Waals surface area contributed by atoms with Crippen LogP contribution in [-0.2, 0) is 32.5 Å². The van der Waals surface area contributed by atoms with Crippen LogP contribution in [0.4, 0.5) is 5.69 Å². The minimum atomic E-state index is -4.36. The van der Waals surface area contributed by atoms with Crippen LogP contribution < -0.4 is 9.47 Å². The molecule has 0 saturated carbocycles. The Kier molecular flexibility index (Phi) is 19.7. The average Bonchev–Trinajstić information content (AvgIpc) is 3.02. The third-order valence-electron chi connectivity index (χ3n) is 7.94. The summed E-state index contributed by atoms with van der Waals surface area (Å²) in [5.74, 6) is -0.668. The van der Waals surface area contributed by atoms with Gasteiger partial charge in [-0.15, -0.1) is 0 Å². The zero-order chi connectivity index (χ0) is 33.6. The van der Waals surface area contributed by atoms with Gasteiger partial charge in [-0.3, -0.25) is 4.79 Å². The Hall–Kier alpha value is -2.60. The number of carbonyl (C=O) groups excluding carboxylic acids is 1. The molecule has 1 aromatic heterocycles. The molecule has 1 aromatic carbocycles. The van der Waals surface area contributed by atoms with Gasteiger partial charge in [0.25, 0.3) is 0 Å². The summed E-state index contributed by atoms with van der Waals surface area (Å²) in [6, 6.07) is 12.9. The monoisotopic (exact) mass is 677 g/mol. The molecule has 0 radical (unpaired) electrons. The second kappa shape index (κ2) is 22.8. The zero-order valence-corrected chi connectivity index (χ0v) is 29.5. The molecule has 0 bridgehead atoms. The average molecular weight is 678 g/mol. The Morgan fingerprint density at radius 2 is 1.37 bits per heavy atom. The van der Waals surface area contributed by atoms with Crippen LogP contribution in [0.25, 0.3) is 12.2 Å². The predicted octanol–water partition coefficient (Wildman–Crippen LogP) is 6.27. The molecule has 11 heteroatoms. The zero-order valence-electron chi connectivity index (χ0n) is 27.9. The number of benzene rings is 1. The molecule has 258 valence electrons. The highest BCUT2D eigenvalue weighted by Gasteiger charge is 2.15. The number of aromatic nitrogens is 1. The lowest BCUT2D eigenvalue weighted by Crippen LogP contribution is -2.36. The minimum absolute atomic E-state index is 0.0303. The molecule has 2 rings (SSSR count). The van der Waals surface area contributed by atoms with Gasteiger partial charge in [0.1, 0.15) is 6.54 Å². The van der Waals surface area contributed by atoms with E-state index in [-0.39, 0.29) is 37.6 Å². The molecule has 2 aromatic rings. The first-order valence-electron chi connectivity index (χ1n) is 16.9. The van der Waals surface area contributed by atoms with Gasteiger partial charge in [-0.1, -0.05) is 76.7 Å². The molecule has 46 heavy (non-hydrogen) atoms. The summed E-state index contributed by atoms with van der Waals surface area (Å²) in [5.41, 5.74) is 3.52. The van der Waals surface area contributed by atoms with Crippen molar-refractivity contribution < 1.29 is 31.1 Å². The smallest absolute Gasteiger partial charge is 0.222 e. The van der Waals surface area contributed by atoms with E-state index in [0.717, 1.165) is 24.2 Å². The van der Waals surface area contributed by atoms with Gasteiger partial charge in [0.05, 0.1) is 15.9 Å². The van der Waals surface area contributed by atoms with Crippen LogP contribution in [-0.4, -0.2) is 70.2 Å². The van der Waals surface area contributed by atoms with Crippen molar-refractivity contribution in [3.63, 3.8) is 0 Å². The van der Waals surface area contributed by atoms with Crippen LogP contribution in [0.2, 0.25) is 0 Å². The highest BCUT2D eigenvalue weighted by atomic mass is 32.2. The number of carbonyl (C=O) groups is 1. The van der Waals surface area contributed by atoms with Crippen molar-refractivity contribution in [2.24, 2.45) is 0 Å². The van der Waals surface area contributed by atoms with E-state index >= 15 is 0 Å². The van der Waals surface area contributed by atoms with Crippen LogP contribution in [0.15, 0.2) is 48.8 Å². The third-order valence-corrected chi connectivity index (χ3v) is 9.36. The van der Waals surface area contributed by atoms with E-state index in [1.165, 1.54) is 62.0 Å². The maximum absolute atomic E-state index is 12.8. The highest BCUT2D eigenvalue weighted by Crippen LogP contribution is 2.19. The first kappa shape index (κ1) is 39.6. The number of hydrogen-bond acceptors (Lipinski definition) is 6. The SMILES string of the molecule is CCCCCCN(CCCCCC)c1ccc(/C=C/c2cc[n+](CCCC(=O)N(CCCS(=O)O)CCCS(=O)(=O)[O-])cc2)cc1. The van der Waals surface area contributed by atoms with Gasteiger partial charge in [0, 0.05) is 62.6 Å². The Bertz CT molecular complexity index is 1270. The molecule has 0 aliphatic rings. The van der Waals surface area contributed by atoms with Crippen molar-refractivity contribution in [3.8, 4) is 0 Å². The molecular formula is C35H55N3O6S2. The summed E-state index contributed by atoms with van der Waals surface area (Å²) in [6.07, 6.45) is 19.5. The van der Waals surface area contributed by atoms with Crippen LogP contribution in [0.5, 0.6) is 0 Å². The minimum Gasteiger partial charge on any atom is -0.748 e. The molecule has 0 saturated heterocycles. The van der Waals surface area contributed by atoms with E-state index < -0.39 is 27.0 Å². The molecule has 0 aliphatic carbocycles. The molecule has 9 nitrogen and oxygen atoms in total. The van der Waals surface area contributed by atoms with Crippen LogP contribution >= 0.6 is 0 Å². The maximum atomic E-state index is 12.8. The molecule has 0 spiro atoms. The number of pyridine rings is 1. The molecule has 0 aliphatic heterocycles. The van der Waals surface area contributed by atoms with Crippen molar-refractivity contribution in [2.45, 2.75) is 97.4 Å². The lowest BCUT2D eigenvalue weighted by atomic mass is 10.1. The van der Waals surface area contributed by atoms with Crippen LogP contribution in [0.1, 0.15) is 102 Å². The van der Waals surface area contributed by atoms with Gasteiger partial charge < -0.3 is 18.9 Å². The fraction of sp³-hybridized carbons (Fsp3) is 0.600. The quantitative estimate of drug-likeness (QED) is 0.0569. The van der Waals surface area contributed by atoms with Crippen molar-refractivity contribution in [1.82, 2.24) is 4.90 Å². The Morgan fingerprint density at radius 1 is 0.804 bits per heavy atom. The molecule has 1 amide bonds. The topological polar surface area (TPSA) is 122 Å². The second-order valence-electron chi connectivity index (χ2n) is 11.9. The van der Waals surface area contributed by atoms with Crippen molar-refractivity contribution in [2.75, 3.05) is 42.6 Å². The molecule has 1 atom stereocenters. The Morgan fingerprint density at radius 3 is 1.91 bits per heavy atom. The lowest BCUT2D eigenvalue weighted by Gasteiger charge is -2.25. The molecule has 1 unspecified atom stereocenters. The van der Waals surface area contributed by atoms with Gasteiger partial charge >= 0.3 is 0 Å². The number of unbranched alkanes of at least 4 members (excludes halogenated alkanes) is 6. The number of hydrogen-bond donors (Lipinski definition) is 1. The highest BCUT2D eigenvalue weighted by molar-refractivity contribution is 7.85. The molecule has 1 heterocycles. The Balaban J connectivity index is 1.88. The van der Waals surface area contributed by atoms with E-state index in [4.69, 9.17) is 4.55 Å². The van der Waals surface area contributed by atoms with Gasteiger partial charge in [0.15, 0.2) is 23.5 Å². The number of rotatable bonds is 25. The normalized spacial score (nSPS) is 12.4. The summed E-state index contributed by atoms with van der Waals surface area (Å²) in [7, 11) is -4.36. The van der Waals surface area contributed by atoms with Crippen LogP contribution in [0.3, 0.4) is 0 Å².